The van der Waals surface area contributed by atoms with Gasteiger partial charge in [0.05, 0.1) is 0 Å². The molecule has 0 aliphatic carbocycles. The largest absolute Gasteiger partial charge is 0.454 e. The van der Waals surface area contributed by atoms with Crippen LogP contribution in [0.15, 0.2) is 30.3 Å². The van der Waals surface area contributed by atoms with E-state index in [0.717, 1.165) is 36.4 Å². The van der Waals surface area contributed by atoms with Crippen molar-refractivity contribution in [2.45, 2.75) is 116 Å². The minimum absolute atomic E-state index is 0.249. The molecular formula is C32H45F2NO2. The molecule has 0 spiro atoms. The first-order chi connectivity index (χ1) is 18.2. The molecule has 0 bridgehead atoms. The highest BCUT2D eigenvalue weighted by atomic mass is 19.2. The van der Waals surface area contributed by atoms with Crippen molar-refractivity contribution in [1.82, 2.24) is 4.90 Å². The van der Waals surface area contributed by atoms with Crippen LogP contribution in [0.2, 0.25) is 0 Å². The van der Waals surface area contributed by atoms with Gasteiger partial charge in [-0.2, -0.15) is 0 Å². The number of ether oxygens (including phenoxy) is 2. The predicted octanol–water partition coefficient (Wildman–Crippen LogP) is 9.27. The van der Waals surface area contributed by atoms with Crippen LogP contribution >= 0.6 is 0 Å². The fourth-order valence-electron chi connectivity index (χ4n) is 5.90. The van der Waals surface area contributed by atoms with Crippen molar-refractivity contribution in [1.29, 1.82) is 0 Å². The lowest BCUT2D eigenvalue weighted by Crippen LogP contribution is -2.35. The average Bonchev–Trinajstić information content (AvgIpc) is 3.36. The highest BCUT2D eigenvalue weighted by Gasteiger charge is 2.30. The SMILES string of the molecule is CCCCCCCCCCCCCCCC1c2cc3c(cc2CCN1Cc1ccc(F)c(F)c1)OCO3. The number of halogens is 2. The molecule has 0 saturated heterocycles. The molecule has 2 aromatic rings. The van der Waals surface area contributed by atoms with Gasteiger partial charge in [0.25, 0.3) is 0 Å². The van der Waals surface area contributed by atoms with Crippen LogP contribution in [0.5, 0.6) is 11.5 Å². The molecule has 4 rings (SSSR count). The van der Waals surface area contributed by atoms with E-state index in [1.807, 2.05) is 0 Å². The van der Waals surface area contributed by atoms with E-state index in [1.54, 1.807) is 6.07 Å². The Balaban J connectivity index is 1.25. The Bertz CT molecular complexity index is 980. The molecule has 2 aromatic carbocycles. The molecule has 2 aliphatic heterocycles. The van der Waals surface area contributed by atoms with E-state index < -0.39 is 11.6 Å². The monoisotopic (exact) mass is 513 g/mol. The molecule has 1 atom stereocenters. The quantitative estimate of drug-likeness (QED) is 0.209. The molecule has 204 valence electrons. The number of benzene rings is 2. The van der Waals surface area contributed by atoms with Gasteiger partial charge in [-0.1, -0.05) is 96.5 Å². The lowest BCUT2D eigenvalue weighted by Gasteiger charge is -2.38. The van der Waals surface area contributed by atoms with E-state index in [2.05, 4.69) is 24.0 Å². The van der Waals surface area contributed by atoms with Gasteiger partial charge >= 0.3 is 0 Å². The van der Waals surface area contributed by atoms with Gasteiger partial charge in [0.15, 0.2) is 23.1 Å². The van der Waals surface area contributed by atoms with Crippen molar-refractivity contribution in [3.8, 4) is 11.5 Å². The second-order valence-electron chi connectivity index (χ2n) is 10.9. The summed E-state index contributed by atoms with van der Waals surface area (Å²) in [5.74, 6) is 0.103. The standard InChI is InChI=1S/C32H45F2NO2/c1-2-3-4-5-6-7-8-9-10-11-12-13-14-15-30-27-22-32-31(36-24-37-32)21-26(27)18-19-35(30)23-25-16-17-28(33)29(34)20-25/h16-17,20-22,30H,2-15,18-19,23-24H2,1H3. The van der Waals surface area contributed by atoms with Crippen molar-refractivity contribution >= 4 is 0 Å². The van der Waals surface area contributed by atoms with Crippen molar-refractivity contribution in [2.24, 2.45) is 0 Å². The van der Waals surface area contributed by atoms with Gasteiger partial charge in [-0.15, -0.1) is 0 Å². The smallest absolute Gasteiger partial charge is 0.231 e. The van der Waals surface area contributed by atoms with Crippen LogP contribution in [-0.4, -0.2) is 18.2 Å². The first-order valence-electron chi connectivity index (χ1n) is 14.8. The lowest BCUT2D eigenvalue weighted by atomic mass is 9.88. The molecular weight excluding hydrogens is 468 g/mol. The zero-order chi connectivity index (χ0) is 25.9. The summed E-state index contributed by atoms with van der Waals surface area (Å²) in [6.45, 7) is 4.07. The fraction of sp³-hybridized carbons (Fsp3) is 0.625. The van der Waals surface area contributed by atoms with Gasteiger partial charge in [-0.3, -0.25) is 4.90 Å². The van der Waals surface area contributed by atoms with E-state index in [4.69, 9.17) is 9.47 Å². The summed E-state index contributed by atoms with van der Waals surface area (Å²) in [4.78, 5) is 2.43. The molecule has 2 heterocycles. The van der Waals surface area contributed by atoms with E-state index in [1.165, 1.54) is 107 Å². The highest BCUT2D eigenvalue weighted by molar-refractivity contribution is 5.50. The van der Waals surface area contributed by atoms with E-state index in [-0.39, 0.29) is 12.8 Å². The Morgan fingerprint density at radius 2 is 1.38 bits per heavy atom. The molecule has 0 saturated carbocycles. The number of hydrogen-bond acceptors (Lipinski definition) is 3. The average molecular weight is 514 g/mol. The van der Waals surface area contributed by atoms with Gasteiger partial charge in [0, 0.05) is 19.1 Å². The number of fused-ring (bicyclic) bond motifs is 2. The van der Waals surface area contributed by atoms with Crippen LogP contribution < -0.4 is 9.47 Å². The molecule has 0 amide bonds. The molecule has 2 aliphatic rings. The van der Waals surface area contributed by atoms with Gasteiger partial charge in [0.2, 0.25) is 6.79 Å². The van der Waals surface area contributed by atoms with Crippen LogP contribution in [0.25, 0.3) is 0 Å². The molecule has 0 radical (unpaired) electrons. The van der Waals surface area contributed by atoms with E-state index >= 15 is 0 Å². The van der Waals surface area contributed by atoms with Gasteiger partial charge in [-0.05, 0) is 53.8 Å². The van der Waals surface area contributed by atoms with Crippen molar-refractivity contribution in [3.63, 3.8) is 0 Å². The van der Waals surface area contributed by atoms with Crippen molar-refractivity contribution in [3.05, 3.63) is 58.7 Å². The van der Waals surface area contributed by atoms with Gasteiger partial charge in [0.1, 0.15) is 0 Å². The Morgan fingerprint density at radius 3 is 2.03 bits per heavy atom. The van der Waals surface area contributed by atoms with Crippen LogP contribution in [0, 0.1) is 11.6 Å². The third-order valence-electron chi connectivity index (χ3n) is 8.05. The lowest BCUT2D eigenvalue weighted by molar-refractivity contribution is 0.163. The first kappa shape index (κ1) is 27.9. The Labute approximate surface area is 222 Å². The second-order valence-corrected chi connectivity index (χ2v) is 10.9. The summed E-state index contributed by atoms with van der Waals surface area (Å²) in [6, 6.07) is 8.83. The number of rotatable bonds is 16. The third kappa shape index (κ3) is 8.17. The van der Waals surface area contributed by atoms with Gasteiger partial charge in [-0.25, -0.2) is 8.78 Å². The summed E-state index contributed by atoms with van der Waals surface area (Å²) in [5.41, 5.74) is 3.45. The summed E-state index contributed by atoms with van der Waals surface area (Å²) in [5, 5.41) is 0. The minimum Gasteiger partial charge on any atom is -0.454 e. The first-order valence-corrected chi connectivity index (χ1v) is 14.8. The maximum atomic E-state index is 13.9. The topological polar surface area (TPSA) is 21.7 Å². The van der Waals surface area contributed by atoms with Crippen LogP contribution in [0.4, 0.5) is 8.78 Å². The minimum atomic E-state index is -0.788. The number of nitrogens with zero attached hydrogens (tertiary/aromatic N) is 1. The van der Waals surface area contributed by atoms with Crippen molar-refractivity contribution < 1.29 is 18.3 Å². The zero-order valence-corrected chi connectivity index (χ0v) is 22.7. The summed E-state index contributed by atoms with van der Waals surface area (Å²) >= 11 is 0. The molecule has 37 heavy (non-hydrogen) atoms. The normalized spacial score (nSPS) is 16.8. The van der Waals surface area contributed by atoms with Crippen LogP contribution in [0.1, 0.15) is 120 Å². The fourth-order valence-corrected chi connectivity index (χ4v) is 5.90. The van der Waals surface area contributed by atoms with E-state index in [9.17, 15) is 8.78 Å². The maximum Gasteiger partial charge on any atom is 0.231 e. The molecule has 1 unspecified atom stereocenters. The number of hydrogen-bond donors (Lipinski definition) is 0. The Kier molecular flexibility index (Phi) is 11.1. The zero-order valence-electron chi connectivity index (χ0n) is 22.7. The van der Waals surface area contributed by atoms with E-state index in [0.29, 0.717) is 6.54 Å². The molecule has 5 heteroatoms. The summed E-state index contributed by atoms with van der Waals surface area (Å²) in [6.07, 6.45) is 19.5. The summed E-state index contributed by atoms with van der Waals surface area (Å²) < 4.78 is 38.7. The Hall–Kier alpha value is -2.14. The van der Waals surface area contributed by atoms with Crippen LogP contribution in [-0.2, 0) is 13.0 Å². The molecule has 0 aromatic heterocycles. The number of unbranched alkanes of at least 4 members (excludes halogenated alkanes) is 12. The maximum absolute atomic E-state index is 13.9. The van der Waals surface area contributed by atoms with Crippen molar-refractivity contribution in [2.75, 3.05) is 13.3 Å². The molecule has 0 N–H and O–H groups in total. The van der Waals surface area contributed by atoms with Gasteiger partial charge < -0.3 is 9.47 Å². The molecule has 3 nitrogen and oxygen atoms in total. The summed E-state index contributed by atoms with van der Waals surface area (Å²) in [7, 11) is 0. The third-order valence-corrected chi connectivity index (χ3v) is 8.05. The molecule has 0 fully saturated rings. The van der Waals surface area contributed by atoms with Crippen LogP contribution in [0.3, 0.4) is 0 Å². The predicted molar refractivity (Wildman–Crippen MR) is 146 cm³/mol. The second kappa shape index (κ2) is 14.7. The highest BCUT2D eigenvalue weighted by Crippen LogP contribution is 2.42. The Morgan fingerprint density at radius 1 is 0.757 bits per heavy atom.